The van der Waals surface area contributed by atoms with Crippen molar-refractivity contribution in [2.24, 2.45) is 5.41 Å². The summed E-state index contributed by atoms with van der Waals surface area (Å²) in [7, 11) is 0. The first-order valence-corrected chi connectivity index (χ1v) is 6.46. The van der Waals surface area contributed by atoms with Gasteiger partial charge in [-0.25, -0.2) is 4.79 Å². The van der Waals surface area contributed by atoms with Gasteiger partial charge in [0.1, 0.15) is 11.8 Å². The lowest BCUT2D eigenvalue weighted by Crippen LogP contribution is -2.52. The number of carboxylic acids is 1. The van der Waals surface area contributed by atoms with E-state index < -0.39 is 29.4 Å². The lowest BCUT2D eigenvalue weighted by molar-refractivity contribution is -0.146. The molecule has 0 fully saturated rings. The third kappa shape index (κ3) is 4.57. The van der Waals surface area contributed by atoms with E-state index in [0.717, 1.165) is 0 Å². The highest BCUT2D eigenvalue weighted by molar-refractivity contribution is 5.86. The number of rotatable bonds is 5. The van der Waals surface area contributed by atoms with Crippen molar-refractivity contribution < 1.29 is 19.4 Å². The molecule has 1 amide bonds. The van der Waals surface area contributed by atoms with Crippen LogP contribution in [0.4, 0.5) is 0 Å². The van der Waals surface area contributed by atoms with Gasteiger partial charge in [-0.05, 0) is 24.5 Å². The molecule has 0 radical (unpaired) electrons. The standard InChI is InChI=1S/C15H21NO4/c1-10(20-11-8-6-5-7-9-11)13(17)16-12(14(18)19)15(2,3)4/h5-10,12H,1-4H3,(H,16,17)(H,18,19). The number of carbonyl (C=O) groups excluding carboxylic acids is 1. The Kier molecular flexibility index (Phi) is 5.13. The molecule has 0 aliphatic rings. The second-order valence-electron chi connectivity index (χ2n) is 5.72. The van der Waals surface area contributed by atoms with Crippen LogP contribution in [0.2, 0.25) is 0 Å². The van der Waals surface area contributed by atoms with Crippen LogP contribution in [-0.4, -0.2) is 29.1 Å². The average molecular weight is 279 g/mol. The summed E-state index contributed by atoms with van der Waals surface area (Å²) < 4.78 is 5.46. The monoisotopic (exact) mass is 279 g/mol. The number of hydrogen-bond donors (Lipinski definition) is 2. The fraction of sp³-hybridized carbons (Fsp3) is 0.467. The number of aliphatic carboxylic acids is 1. The smallest absolute Gasteiger partial charge is 0.326 e. The van der Waals surface area contributed by atoms with Crippen molar-refractivity contribution in [3.05, 3.63) is 30.3 Å². The van der Waals surface area contributed by atoms with E-state index in [9.17, 15) is 14.7 Å². The summed E-state index contributed by atoms with van der Waals surface area (Å²) in [4.78, 5) is 23.2. The van der Waals surface area contributed by atoms with Crippen molar-refractivity contribution in [2.45, 2.75) is 39.8 Å². The normalized spacial score (nSPS) is 14.2. The van der Waals surface area contributed by atoms with E-state index in [1.54, 1.807) is 52.0 Å². The van der Waals surface area contributed by atoms with Gasteiger partial charge in [-0.1, -0.05) is 39.0 Å². The number of carboxylic acid groups (broad SMARTS) is 1. The largest absolute Gasteiger partial charge is 0.481 e. The predicted octanol–water partition coefficient (Wildman–Crippen LogP) is 2.07. The maximum atomic E-state index is 12.0. The summed E-state index contributed by atoms with van der Waals surface area (Å²) >= 11 is 0. The average Bonchev–Trinajstić information content (AvgIpc) is 2.34. The van der Waals surface area contributed by atoms with Gasteiger partial charge in [0.15, 0.2) is 6.10 Å². The molecule has 1 aromatic rings. The van der Waals surface area contributed by atoms with Gasteiger partial charge in [-0.15, -0.1) is 0 Å². The Morgan fingerprint density at radius 3 is 2.20 bits per heavy atom. The van der Waals surface area contributed by atoms with Gasteiger partial charge >= 0.3 is 5.97 Å². The van der Waals surface area contributed by atoms with E-state index in [1.807, 2.05) is 6.07 Å². The number of para-hydroxylation sites is 1. The summed E-state index contributed by atoms with van der Waals surface area (Å²) in [6.07, 6.45) is -0.762. The molecule has 110 valence electrons. The predicted molar refractivity (Wildman–Crippen MR) is 75.6 cm³/mol. The summed E-state index contributed by atoms with van der Waals surface area (Å²) in [5.74, 6) is -0.938. The van der Waals surface area contributed by atoms with Crippen LogP contribution in [0.1, 0.15) is 27.7 Å². The summed E-state index contributed by atoms with van der Waals surface area (Å²) in [5.41, 5.74) is -0.575. The van der Waals surface area contributed by atoms with E-state index >= 15 is 0 Å². The molecule has 0 bridgehead atoms. The first-order valence-electron chi connectivity index (χ1n) is 6.46. The van der Waals surface area contributed by atoms with Crippen molar-refractivity contribution in [3.8, 4) is 5.75 Å². The maximum absolute atomic E-state index is 12.0. The first kappa shape index (κ1) is 16.0. The van der Waals surface area contributed by atoms with Crippen molar-refractivity contribution in [1.82, 2.24) is 5.32 Å². The van der Waals surface area contributed by atoms with Crippen LogP contribution < -0.4 is 10.1 Å². The second kappa shape index (κ2) is 6.41. The third-order valence-electron chi connectivity index (χ3n) is 2.82. The van der Waals surface area contributed by atoms with Crippen LogP contribution in [0.5, 0.6) is 5.75 Å². The van der Waals surface area contributed by atoms with Crippen molar-refractivity contribution in [1.29, 1.82) is 0 Å². The lowest BCUT2D eigenvalue weighted by atomic mass is 9.86. The Balaban J connectivity index is 2.67. The van der Waals surface area contributed by atoms with Crippen LogP contribution >= 0.6 is 0 Å². The highest BCUT2D eigenvalue weighted by atomic mass is 16.5. The fourth-order valence-electron chi connectivity index (χ4n) is 1.66. The molecule has 20 heavy (non-hydrogen) atoms. The van der Waals surface area contributed by atoms with Crippen molar-refractivity contribution in [2.75, 3.05) is 0 Å². The lowest BCUT2D eigenvalue weighted by Gasteiger charge is -2.28. The minimum Gasteiger partial charge on any atom is -0.481 e. The van der Waals surface area contributed by atoms with Gasteiger partial charge in [0.25, 0.3) is 5.91 Å². The molecule has 2 N–H and O–H groups in total. The van der Waals surface area contributed by atoms with Crippen LogP contribution in [0.15, 0.2) is 30.3 Å². The SMILES string of the molecule is CC(Oc1ccccc1)C(=O)NC(C(=O)O)C(C)(C)C. The number of nitrogens with one attached hydrogen (secondary N) is 1. The zero-order chi connectivity index (χ0) is 15.3. The van der Waals surface area contributed by atoms with Crippen LogP contribution in [0.25, 0.3) is 0 Å². The molecule has 2 atom stereocenters. The number of amides is 1. The van der Waals surface area contributed by atoms with Crippen LogP contribution in [0, 0.1) is 5.41 Å². The topological polar surface area (TPSA) is 75.6 Å². The fourth-order valence-corrected chi connectivity index (χ4v) is 1.66. The molecule has 2 unspecified atom stereocenters. The van der Waals surface area contributed by atoms with Gasteiger partial charge in [0.05, 0.1) is 0 Å². The second-order valence-corrected chi connectivity index (χ2v) is 5.72. The zero-order valence-electron chi connectivity index (χ0n) is 12.2. The molecule has 5 heteroatoms. The molecule has 5 nitrogen and oxygen atoms in total. The molecule has 0 heterocycles. The minimum atomic E-state index is -1.06. The Bertz CT molecular complexity index is 465. The molecule has 1 aromatic carbocycles. The molecule has 0 aromatic heterocycles. The Morgan fingerprint density at radius 2 is 1.75 bits per heavy atom. The van der Waals surface area contributed by atoms with E-state index in [1.165, 1.54) is 0 Å². The first-order chi connectivity index (χ1) is 9.21. The molecular formula is C15H21NO4. The Labute approximate surface area is 118 Å². The van der Waals surface area contributed by atoms with E-state index in [-0.39, 0.29) is 0 Å². The van der Waals surface area contributed by atoms with Crippen LogP contribution in [0.3, 0.4) is 0 Å². The van der Waals surface area contributed by atoms with Crippen molar-refractivity contribution >= 4 is 11.9 Å². The van der Waals surface area contributed by atoms with Gasteiger partial charge in [0.2, 0.25) is 0 Å². The molecule has 1 rings (SSSR count). The molecular weight excluding hydrogens is 258 g/mol. The highest BCUT2D eigenvalue weighted by Gasteiger charge is 2.33. The number of ether oxygens (including phenoxy) is 1. The van der Waals surface area contributed by atoms with E-state index in [2.05, 4.69) is 5.32 Å². The molecule has 0 saturated carbocycles. The summed E-state index contributed by atoms with van der Waals surface area (Å²) in [6.45, 7) is 6.86. The maximum Gasteiger partial charge on any atom is 0.326 e. The highest BCUT2D eigenvalue weighted by Crippen LogP contribution is 2.20. The van der Waals surface area contributed by atoms with E-state index in [0.29, 0.717) is 5.75 Å². The molecule has 0 aliphatic carbocycles. The van der Waals surface area contributed by atoms with Crippen LogP contribution in [-0.2, 0) is 9.59 Å². The molecule has 0 aliphatic heterocycles. The Hall–Kier alpha value is -2.04. The number of benzene rings is 1. The minimum absolute atomic E-state index is 0.448. The number of carbonyl (C=O) groups is 2. The zero-order valence-corrected chi connectivity index (χ0v) is 12.2. The number of hydrogen-bond acceptors (Lipinski definition) is 3. The van der Waals surface area contributed by atoms with Gasteiger partial charge in [-0.2, -0.15) is 0 Å². The van der Waals surface area contributed by atoms with Crippen molar-refractivity contribution in [3.63, 3.8) is 0 Å². The van der Waals surface area contributed by atoms with Gasteiger partial charge < -0.3 is 15.2 Å². The van der Waals surface area contributed by atoms with Gasteiger partial charge in [-0.3, -0.25) is 4.79 Å². The van der Waals surface area contributed by atoms with E-state index in [4.69, 9.17) is 4.74 Å². The molecule has 0 saturated heterocycles. The summed E-state index contributed by atoms with van der Waals surface area (Å²) in [6, 6.07) is 7.96. The quantitative estimate of drug-likeness (QED) is 0.865. The Morgan fingerprint density at radius 1 is 1.20 bits per heavy atom. The third-order valence-corrected chi connectivity index (χ3v) is 2.82. The molecule has 0 spiro atoms. The van der Waals surface area contributed by atoms with Gasteiger partial charge in [0, 0.05) is 0 Å². The summed E-state index contributed by atoms with van der Waals surface area (Å²) in [5, 5.41) is 11.7.